The molecule has 1 saturated heterocycles. The molecular formula is C11H16ClN3O. The lowest BCUT2D eigenvalue weighted by Gasteiger charge is -2.30. The van der Waals surface area contributed by atoms with Gasteiger partial charge in [0.05, 0.1) is 17.7 Å². The van der Waals surface area contributed by atoms with E-state index in [9.17, 15) is 0 Å². The summed E-state index contributed by atoms with van der Waals surface area (Å²) < 4.78 is 5.64. The molecular weight excluding hydrogens is 226 g/mol. The van der Waals surface area contributed by atoms with Crippen LogP contribution in [0.15, 0.2) is 18.3 Å². The zero-order valence-corrected chi connectivity index (χ0v) is 10.1. The van der Waals surface area contributed by atoms with Gasteiger partial charge in [-0.2, -0.15) is 0 Å². The fourth-order valence-electron chi connectivity index (χ4n) is 1.69. The molecule has 0 saturated carbocycles. The fourth-order valence-corrected chi connectivity index (χ4v) is 1.80. The first-order valence-electron chi connectivity index (χ1n) is 5.39. The number of pyridine rings is 1. The number of ether oxygens (including phenoxy) is 1. The average molecular weight is 242 g/mol. The Bertz CT molecular complexity index is 331. The summed E-state index contributed by atoms with van der Waals surface area (Å²) in [7, 11) is 2.11. The number of rotatable bonds is 3. The van der Waals surface area contributed by atoms with Crippen molar-refractivity contribution in [2.45, 2.75) is 6.10 Å². The SMILES string of the molecule is CN1CCOC(CNc2ccc(Cl)cn2)C1. The van der Waals surface area contributed by atoms with Crippen LogP contribution in [0.5, 0.6) is 0 Å². The molecule has 1 aromatic rings. The molecule has 2 rings (SSSR count). The number of nitrogens with one attached hydrogen (secondary N) is 1. The fraction of sp³-hybridized carbons (Fsp3) is 0.545. The molecule has 1 aliphatic heterocycles. The number of morpholine rings is 1. The Morgan fingerprint density at radius 2 is 2.50 bits per heavy atom. The van der Waals surface area contributed by atoms with Gasteiger partial charge in [-0.25, -0.2) is 4.98 Å². The highest BCUT2D eigenvalue weighted by Gasteiger charge is 2.17. The number of halogens is 1. The molecule has 0 radical (unpaired) electrons. The molecule has 1 N–H and O–H groups in total. The summed E-state index contributed by atoms with van der Waals surface area (Å²) in [5, 5.41) is 3.89. The molecule has 1 fully saturated rings. The Balaban J connectivity index is 1.80. The standard InChI is InChI=1S/C11H16ClN3O/c1-15-4-5-16-10(8-15)7-14-11-3-2-9(12)6-13-11/h2-3,6,10H,4-5,7-8H2,1H3,(H,13,14). The Hall–Kier alpha value is -0.840. The number of nitrogens with zero attached hydrogens (tertiary/aromatic N) is 2. The van der Waals surface area contributed by atoms with E-state index in [0.29, 0.717) is 5.02 Å². The van der Waals surface area contributed by atoms with E-state index in [1.807, 2.05) is 12.1 Å². The molecule has 0 aromatic carbocycles. The van der Waals surface area contributed by atoms with Crippen LogP contribution in [-0.4, -0.2) is 49.3 Å². The van der Waals surface area contributed by atoms with E-state index in [-0.39, 0.29) is 6.10 Å². The minimum atomic E-state index is 0.233. The first-order valence-corrected chi connectivity index (χ1v) is 5.77. The largest absolute Gasteiger partial charge is 0.374 e. The highest BCUT2D eigenvalue weighted by molar-refractivity contribution is 6.30. The summed E-state index contributed by atoms with van der Waals surface area (Å²) in [6.07, 6.45) is 1.87. The van der Waals surface area contributed by atoms with E-state index in [0.717, 1.165) is 32.1 Å². The zero-order chi connectivity index (χ0) is 11.4. The predicted octanol–water partition coefficient (Wildman–Crippen LogP) is 1.48. The molecule has 1 aromatic heterocycles. The van der Waals surface area contributed by atoms with Crippen LogP contribution < -0.4 is 5.32 Å². The maximum absolute atomic E-state index is 5.76. The number of aromatic nitrogens is 1. The van der Waals surface area contributed by atoms with Crippen molar-refractivity contribution < 1.29 is 4.74 Å². The van der Waals surface area contributed by atoms with Gasteiger partial charge >= 0.3 is 0 Å². The normalized spacial score (nSPS) is 22.0. The van der Waals surface area contributed by atoms with Gasteiger partial charge in [-0.3, -0.25) is 0 Å². The van der Waals surface area contributed by atoms with E-state index in [1.165, 1.54) is 0 Å². The number of likely N-dealkylation sites (N-methyl/N-ethyl adjacent to an activating group) is 1. The van der Waals surface area contributed by atoms with Crippen LogP contribution >= 0.6 is 11.6 Å². The van der Waals surface area contributed by atoms with Gasteiger partial charge in [0.25, 0.3) is 0 Å². The second-order valence-electron chi connectivity index (χ2n) is 4.00. The smallest absolute Gasteiger partial charge is 0.126 e. The molecule has 2 heterocycles. The highest BCUT2D eigenvalue weighted by Crippen LogP contribution is 2.10. The summed E-state index contributed by atoms with van der Waals surface area (Å²) >= 11 is 5.76. The van der Waals surface area contributed by atoms with Gasteiger partial charge in [-0.15, -0.1) is 0 Å². The van der Waals surface area contributed by atoms with E-state index >= 15 is 0 Å². The van der Waals surface area contributed by atoms with Gasteiger partial charge in [-0.05, 0) is 19.2 Å². The Kier molecular flexibility index (Phi) is 3.98. The lowest BCUT2D eigenvalue weighted by molar-refractivity contribution is -0.0117. The zero-order valence-electron chi connectivity index (χ0n) is 9.32. The van der Waals surface area contributed by atoms with E-state index in [1.54, 1.807) is 6.20 Å². The molecule has 1 aliphatic rings. The van der Waals surface area contributed by atoms with Crippen LogP contribution in [0, 0.1) is 0 Å². The minimum Gasteiger partial charge on any atom is -0.374 e. The molecule has 16 heavy (non-hydrogen) atoms. The van der Waals surface area contributed by atoms with Crippen LogP contribution in [0.3, 0.4) is 0 Å². The molecule has 5 heteroatoms. The number of hydrogen-bond acceptors (Lipinski definition) is 4. The quantitative estimate of drug-likeness (QED) is 0.870. The highest BCUT2D eigenvalue weighted by atomic mass is 35.5. The van der Waals surface area contributed by atoms with Crippen molar-refractivity contribution in [2.24, 2.45) is 0 Å². The van der Waals surface area contributed by atoms with Crippen LogP contribution in [0.25, 0.3) is 0 Å². The van der Waals surface area contributed by atoms with Gasteiger partial charge < -0.3 is 15.0 Å². The molecule has 1 atom stereocenters. The van der Waals surface area contributed by atoms with E-state index < -0.39 is 0 Å². The van der Waals surface area contributed by atoms with E-state index in [4.69, 9.17) is 16.3 Å². The number of hydrogen-bond donors (Lipinski definition) is 1. The first kappa shape index (κ1) is 11.6. The molecule has 0 amide bonds. The van der Waals surface area contributed by atoms with E-state index in [2.05, 4.69) is 22.2 Å². The second-order valence-corrected chi connectivity index (χ2v) is 4.43. The van der Waals surface area contributed by atoms with Crippen molar-refractivity contribution in [3.05, 3.63) is 23.4 Å². The van der Waals surface area contributed by atoms with Crippen molar-refractivity contribution in [3.63, 3.8) is 0 Å². The van der Waals surface area contributed by atoms with Crippen molar-refractivity contribution in [3.8, 4) is 0 Å². The van der Waals surface area contributed by atoms with Crippen molar-refractivity contribution >= 4 is 17.4 Å². The summed E-state index contributed by atoms with van der Waals surface area (Å²) in [5.41, 5.74) is 0. The Morgan fingerprint density at radius 1 is 1.62 bits per heavy atom. The maximum Gasteiger partial charge on any atom is 0.126 e. The molecule has 88 valence electrons. The van der Waals surface area contributed by atoms with Gasteiger partial charge in [0.2, 0.25) is 0 Å². The van der Waals surface area contributed by atoms with Crippen molar-refractivity contribution in [1.82, 2.24) is 9.88 Å². The topological polar surface area (TPSA) is 37.4 Å². The lowest BCUT2D eigenvalue weighted by atomic mass is 10.3. The molecule has 4 nitrogen and oxygen atoms in total. The summed E-state index contributed by atoms with van der Waals surface area (Å²) in [4.78, 5) is 6.44. The van der Waals surface area contributed by atoms with Crippen LogP contribution in [-0.2, 0) is 4.74 Å². The van der Waals surface area contributed by atoms with Gasteiger partial charge in [-0.1, -0.05) is 11.6 Å². The third-order valence-electron chi connectivity index (χ3n) is 2.58. The average Bonchev–Trinajstić information content (AvgIpc) is 2.28. The first-order chi connectivity index (χ1) is 7.74. The monoisotopic (exact) mass is 241 g/mol. The Morgan fingerprint density at radius 3 is 3.19 bits per heavy atom. The molecule has 0 bridgehead atoms. The number of anilines is 1. The molecule has 0 aliphatic carbocycles. The molecule has 1 unspecified atom stereocenters. The molecule has 0 spiro atoms. The van der Waals surface area contributed by atoms with Gasteiger partial charge in [0, 0.05) is 25.8 Å². The van der Waals surface area contributed by atoms with Crippen molar-refractivity contribution in [2.75, 3.05) is 38.6 Å². The lowest BCUT2D eigenvalue weighted by Crippen LogP contribution is -2.43. The van der Waals surface area contributed by atoms with Gasteiger partial charge in [0.1, 0.15) is 5.82 Å². The summed E-state index contributed by atoms with van der Waals surface area (Å²) in [5.74, 6) is 0.834. The van der Waals surface area contributed by atoms with Crippen molar-refractivity contribution in [1.29, 1.82) is 0 Å². The third-order valence-corrected chi connectivity index (χ3v) is 2.80. The summed E-state index contributed by atoms with van der Waals surface area (Å²) in [6, 6.07) is 3.69. The van der Waals surface area contributed by atoms with Gasteiger partial charge in [0.15, 0.2) is 0 Å². The van der Waals surface area contributed by atoms with Crippen LogP contribution in [0.4, 0.5) is 5.82 Å². The second kappa shape index (κ2) is 5.48. The van der Waals surface area contributed by atoms with Crippen LogP contribution in [0.2, 0.25) is 5.02 Å². The third kappa shape index (κ3) is 3.33. The minimum absolute atomic E-state index is 0.233. The van der Waals surface area contributed by atoms with Crippen LogP contribution in [0.1, 0.15) is 0 Å². The Labute approximate surface area is 101 Å². The maximum atomic E-state index is 5.76. The predicted molar refractivity (Wildman–Crippen MR) is 65.0 cm³/mol. The summed E-state index contributed by atoms with van der Waals surface area (Å²) in [6.45, 7) is 3.55.